The zero-order valence-electron chi connectivity index (χ0n) is 12.0. The molecule has 1 aliphatic heterocycles. The van der Waals surface area contributed by atoms with Crippen LogP contribution in [0.2, 0.25) is 0 Å². The molecule has 1 N–H and O–H groups in total. The molecule has 0 atom stereocenters. The Morgan fingerprint density at radius 1 is 1.28 bits per heavy atom. The van der Waals surface area contributed by atoms with E-state index >= 15 is 0 Å². The SMILES string of the molecule is C=CCN1CCN(C(=O)CCNC(C)(C)C)CC1. The molecular weight excluding hydrogens is 226 g/mol. The van der Waals surface area contributed by atoms with Crippen LogP contribution in [-0.2, 0) is 4.79 Å². The lowest BCUT2D eigenvalue weighted by atomic mass is 10.1. The molecule has 0 unspecified atom stereocenters. The minimum Gasteiger partial charge on any atom is -0.340 e. The van der Waals surface area contributed by atoms with Gasteiger partial charge in [0.05, 0.1) is 0 Å². The Bertz CT molecular complexity index is 275. The van der Waals surface area contributed by atoms with Crippen LogP contribution in [0, 0.1) is 0 Å². The summed E-state index contributed by atoms with van der Waals surface area (Å²) in [6, 6.07) is 0. The predicted octanol–water partition coefficient (Wildman–Crippen LogP) is 1.09. The van der Waals surface area contributed by atoms with Crippen molar-refractivity contribution in [3.63, 3.8) is 0 Å². The molecule has 0 saturated carbocycles. The highest BCUT2D eigenvalue weighted by Crippen LogP contribution is 2.04. The number of carbonyl (C=O) groups is 1. The monoisotopic (exact) mass is 253 g/mol. The number of hydrogen-bond acceptors (Lipinski definition) is 3. The zero-order chi connectivity index (χ0) is 13.6. The molecule has 18 heavy (non-hydrogen) atoms. The van der Waals surface area contributed by atoms with Gasteiger partial charge in [-0.15, -0.1) is 6.58 Å². The number of piperazine rings is 1. The second-order valence-electron chi connectivity index (χ2n) is 5.90. The summed E-state index contributed by atoms with van der Waals surface area (Å²) in [5.74, 6) is 0.269. The first kappa shape index (κ1) is 15.2. The van der Waals surface area contributed by atoms with E-state index in [0.29, 0.717) is 6.42 Å². The van der Waals surface area contributed by atoms with Crippen LogP contribution >= 0.6 is 0 Å². The first-order chi connectivity index (χ1) is 8.42. The van der Waals surface area contributed by atoms with Crippen LogP contribution in [0.25, 0.3) is 0 Å². The van der Waals surface area contributed by atoms with Crippen LogP contribution in [0.5, 0.6) is 0 Å². The molecule has 4 heteroatoms. The Morgan fingerprint density at radius 2 is 1.89 bits per heavy atom. The summed E-state index contributed by atoms with van der Waals surface area (Å²) in [5, 5.41) is 3.35. The Hall–Kier alpha value is -0.870. The number of hydrogen-bond donors (Lipinski definition) is 1. The van der Waals surface area contributed by atoms with Crippen molar-refractivity contribution >= 4 is 5.91 Å². The minimum atomic E-state index is 0.0862. The first-order valence-electron chi connectivity index (χ1n) is 6.78. The minimum absolute atomic E-state index is 0.0862. The third-order valence-electron chi connectivity index (χ3n) is 3.11. The molecule has 0 aromatic carbocycles. The van der Waals surface area contributed by atoms with Crippen LogP contribution < -0.4 is 5.32 Å². The van der Waals surface area contributed by atoms with Crippen LogP contribution in [0.1, 0.15) is 27.2 Å². The van der Waals surface area contributed by atoms with Crippen molar-refractivity contribution in [1.82, 2.24) is 15.1 Å². The van der Waals surface area contributed by atoms with Crippen LogP contribution in [0.4, 0.5) is 0 Å². The molecule has 0 aliphatic carbocycles. The van der Waals surface area contributed by atoms with Gasteiger partial charge in [0.1, 0.15) is 0 Å². The van der Waals surface area contributed by atoms with E-state index in [9.17, 15) is 4.79 Å². The molecule has 4 nitrogen and oxygen atoms in total. The average Bonchev–Trinajstić information content (AvgIpc) is 2.28. The van der Waals surface area contributed by atoms with Gasteiger partial charge >= 0.3 is 0 Å². The summed E-state index contributed by atoms with van der Waals surface area (Å²) in [4.78, 5) is 16.3. The van der Waals surface area contributed by atoms with Crippen LogP contribution in [-0.4, -0.2) is 60.5 Å². The third-order valence-corrected chi connectivity index (χ3v) is 3.11. The van der Waals surface area contributed by atoms with E-state index in [1.54, 1.807) is 0 Å². The van der Waals surface area contributed by atoms with E-state index in [0.717, 1.165) is 39.3 Å². The lowest BCUT2D eigenvalue weighted by Crippen LogP contribution is -2.49. The topological polar surface area (TPSA) is 35.6 Å². The van der Waals surface area contributed by atoms with Crippen LogP contribution in [0.3, 0.4) is 0 Å². The second-order valence-corrected chi connectivity index (χ2v) is 5.90. The van der Waals surface area contributed by atoms with Crippen molar-refractivity contribution in [3.8, 4) is 0 Å². The summed E-state index contributed by atoms with van der Waals surface area (Å²) < 4.78 is 0. The van der Waals surface area contributed by atoms with Gasteiger partial charge in [-0.1, -0.05) is 6.08 Å². The number of carbonyl (C=O) groups excluding carboxylic acids is 1. The molecule has 1 saturated heterocycles. The molecule has 0 aromatic rings. The third kappa shape index (κ3) is 5.65. The van der Waals surface area contributed by atoms with Gasteiger partial charge in [0.15, 0.2) is 0 Å². The number of amides is 1. The van der Waals surface area contributed by atoms with Crippen molar-refractivity contribution in [2.75, 3.05) is 39.3 Å². The Kier molecular flexibility index (Phi) is 5.82. The highest BCUT2D eigenvalue weighted by atomic mass is 16.2. The average molecular weight is 253 g/mol. The number of nitrogens with one attached hydrogen (secondary N) is 1. The van der Waals surface area contributed by atoms with E-state index < -0.39 is 0 Å². The highest BCUT2D eigenvalue weighted by Gasteiger charge is 2.20. The van der Waals surface area contributed by atoms with Gasteiger partial charge in [0.25, 0.3) is 0 Å². The maximum absolute atomic E-state index is 12.0. The smallest absolute Gasteiger partial charge is 0.223 e. The second kappa shape index (κ2) is 6.90. The molecule has 0 spiro atoms. The van der Waals surface area contributed by atoms with Crippen molar-refractivity contribution in [3.05, 3.63) is 12.7 Å². The van der Waals surface area contributed by atoms with E-state index in [4.69, 9.17) is 0 Å². The van der Waals surface area contributed by atoms with Crippen molar-refractivity contribution < 1.29 is 4.79 Å². The molecule has 104 valence electrons. The molecular formula is C14H27N3O. The Labute approximate surface area is 111 Å². The zero-order valence-corrected chi connectivity index (χ0v) is 12.0. The maximum atomic E-state index is 12.0. The van der Waals surface area contributed by atoms with Crippen LogP contribution in [0.15, 0.2) is 12.7 Å². The summed E-state index contributed by atoms with van der Waals surface area (Å²) in [7, 11) is 0. The molecule has 1 heterocycles. The van der Waals surface area contributed by atoms with Gasteiger partial charge in [0.2, 0.25) is 5.91 Å². The first-order valence-corrected chi connectivity index (χ1v) is 6.78. The van der Waals surface area contributed by atoms with Gasteiger partial charge in [0, 0.05) is 51.2 Å². The summed E-state index contributed by atoms with van der Waals surface area (Å²) >= 11 is 0. The van der Waals surface area contributed by atoms with Gasteiger partial charge in [-0.05, 0) is 20.8 Å². The molecule has 1 rings (SSSR count). The fourth-order valence-electron chi connectivity index (χ4n) is 2.06. The Balaban J connectivity index is 2.22. The highest BCUT2D eigenvalue weighted by molar-refractivity contribution is 5.76. The molecule has 1 aliphatic rings. The van der Waals surface area contributed by atoms with Gasteiger partial charge in [-0.3, -0.25) is 9.69 Å². The predicted molar refractivity (Wildman–Crippen MR) is 75.6 cm³/mol. The molecule has 1 fully saturated rings. The maximum Gasteiger partial charge on any atom is 0.223 e. The van der Waals surface area contributed by atoms with E-state index in [1.807, 2.05) is 11.0 Å². The number of rotatable bonds is 5. The number of nitrogens with zero attached hydrogens (tertiary/aromatic N) is 2. The van der Waals surface area contributed by atoms with E-state index in [2.05, 4.69) is 37.6 Å². The van der Waals surface area contributed by atoms with Crippen molar-refractivity contribution in [2.24, 2.45) is 0 Å². The molecule has 0 bridgehead atoms. The van der Waals surface area contributed by atoms with E-state index in [1.165, 1.54) is 0 Å². The Morgan fingerprint density at radius 3 is 2.39 bits per heavy atom. The molecule has 0 radical (unpaired) electrons. The lowest BCUT2D eigenvalue weighted by Gasteiger charge is -2.34. The van der Waals surface area contributed by atoms with E-state index in [-0.39, 0.29) is 11.4 Å². The lowest BCUT2D eigenvalue weighted by molar-refractivity contribution is -0.132. The fourth-order valence-corrected chi connectivity index (χ4v) is 2.06. The summed E-state index contributed by atoms with van der Waals surface area (Å²) in [5.41, 5.74) is 0.0862. The molecule has 0 aromatic heterocycles. The van der Waals surface area contributed by atoms with Gasteiger partial charge < -0.3 is 10.2 Å². The summed E-state index contributed by atoms with van der Waals surface area (Å²) in [6.07, 6.45) is 2.52. The largest absolute Gasteiger partial charge is 0.340 e. The summed E-state index contributed by atoms with van der Waals surface area (Å²) in [6.45, 7) is 15.4. The quantitative estimate of drug-likeness (QED) is 0.745. The van der Waals surface area contributed by atoms with Gasteiger partial charge in [-0.2, -0.15) is 0 Å². The standard InChI is InChI=1S/C14H27N3O/c1-5-8-16-9-11-17(12-10-16)13(18)6-7-15-14(2,3)4/h5,15H,1,6-12H2,2-4H3. The van der Waals surface area contributed by atoms with Crippen molar-refractivity contribution in [2.45, 2.75) is 32.7 Å². The molecule has 1 amide bonds. The fraction of sp³-hybridized carbons (Fsp3) is 0.786. The van der Waals surface area contributed by atoms with Gasteiger partial charge in [-0.25, -0.2) is 0 Å². The normalized spacial score (nSPS) is 17.8. The van der Waals surface area contributed by atoms with Crippen molar-refractivity contribution in [1.29, 1.82) is 0 Å².